The molecule has 2 aromatic rings. The molecule has 1 amide bonds. The van der Waals surface area contributed by atoms with E-state index in [1.54, 1.807) is 26.0 Å². The molecule has 0 fully saturated rings. The van der Waals surface area contributed by atoms with Crippen molar-refractivity contribution >= 4 is 33.8 Å². The molecule has 2 N–H and O–H groups in total. The number of nitrogens with zero attached hydrogens (tertiary/aromatic N) is 1. The summed E-state index contributed by atoms with van der Waals surface area (Å²) >= 11 is 5.98. The lowest BCUT2D eigenvalue weighted by molar-refractivity contribution is -0.137. The van der Waals surface area contributed by atoms with Gasteiger partial charge >= 0.3 is 16.4 Å². The summed E-state index contributed by atoms with van der Waals surface area (Å²) in [6.45, 7) is 7.16. The molecule has 2 rings (SSSR count). The Kier molecular flexibility index (Phi) is 10.8. The van der Waals surface area contributed by atoms with Crippen LogP contribution < -0.4 is 18.9 Å². The molecule has 0 aliphatic rings. The molecule has 0 saturated heterocycles. The second kappa shape index (κ2) is 13.1. The van der Waals surface area contributed by atoms with Gasteiger partial charge in [-0.1, -0.05) is 31.4 Å². The largest absolute Gasteiger partial charge is 0.491 e. The van der Waals surface area contributed by atoms with Crippen molar-refractivity contribution in [1.82, 2.24) is 14.4 Å². The average molecular weight is 564 g/mol. The molecule has 0 spiro atoms. The normalized spacial score (nSPS) is 12.5. The molecule has 0 aliphatic carbocycles. The molecule has 204 valence electrons. The molecular formula is C24H29ClF3N3O5S. The number of amides is 1. The molecule has 0 aliphatic heterocycles. The highest BCUT2D eigenvalue weighted by molar-refractivity contribution is 7.88. The Morgan fingerprint density at radius 1 is 1.22 bits per heavy atom. The van der Waals surface area contributed by atoms with Gasteiger partial charge in [-0.25, -0.2) is 9.71 Å². The zero-order valence-corrected chi connectivity index (χ0v) is 22.4. The van der Waals surface area contributed by atoms with E-state index in [9.17, 15) is 26.4 Å². The predicted octanol–water partition coefficient (Wildman–Crippen LogP) is 5.88. The highest BCUT2D eigenvalue weighted by Crippen LogP contribution is 2.37. The molecule has 0 unspecified atom stereocenters. The third kappa shape index (κ3) is 9.86. The number of halogens is 4. The number of unbranched alkanes of at least 4 members (excludes halogenated alkanes) is 2. The van der Waals surface area contributed by atoms with E-state index in [0.29, 0.717) is 30.0 Å². The zero-order chi connectivity index (χ0) is 27.8. The van der Waals surface area contributed by atoms with Gasteiger partial charge in [0.1, 0.15) is 16.5 Å². The Labute approximate surface area is 219 Å². The van der Waals surface area contributed by atoms with Gasteiger partial charge in [0.2, 0.25) is 5.88 Å². The maximum absolute atomic E-state index is 13.0. The van der Waals surface area contributed by atoms with Crippen LogP contribution in [0.1, 0.15) is 58.1 Å². The monoisotopic (exact) mass is 563 g/mol. The van der Waals surface area contributed by atoms with Crippen LogP contribution in [0.5, 0.6) is 17.4 Å². The minimum Gasteiger partial charge on any atom is -0.491 e. The number of ether oxygens (including phenoxy) is 2. The van der Waals surface area contributed by atoms with E-state index < -0.39 is 27.9 Å². The smallest absolute Gasteiger partial charge is 0.417 e. The molecule has 1 aromatic heterocycles. The molecule has 0 atom stereocenters. The summed E-state index contributed by atoms with van der Waals surface area (Å²) in [7, 11) is -4.06. The Bertz CT molecular complexity index is 1230. The number of rotatable bonds is 12. The van der Waals surface area contributed by atoms with Gasteiger partial charge in [-0.15, -0.1) is 0 Å². The van der Waals surface area contributed by atoms with Crippen LogP contribution >= 0.6 is 11.6 Å². The fourth-order valence-electron chi connectivity index (χ4n) is 2.95. The number of carbonyl (C=O) groups excluding carboxylic acids is 1. The van der Waals surface area contributed by atoms with Crippen LogP contribution in [0.25, 0.3) is 6.08 Å². The number of hydrogen-bond acceptors (Lipinski definition) is 6. The van der Waals surface area contributed by atoms with Crippen molar-refractivity contribution in [2.45, 2.75) is 59.2 Å². The van der Waals surface area contributed by atoms with Crippen molar-refractivity contribution in [3.8, 4) is 17.4 Å². The van der Waals surface area contributed by atoms with E-state index >= 15 is 0 Å². The second-order valence-electron chi connectivity index (χ2n) is 8.34. The summed E-state index contributed by atoms with van der Waals surface area (Å²) in [6, 6.07) is 5.28. The first-order valence-corrected chi connectivity index (χ1v) is 13.3. The first-order valence-electron chi connectivity index (χ1n) is 11.4. The molecular weight excluding hydrogens is 535 g/mol. The lowest BCUT2D eigenvalue weighted by Crippen LogP contribution is -2.40. The maximum Gasteiger partial charge on any atom is 0.417 e. The van der Waals surface area contributed by atoms with Crippen molar-refractivity contribution in [3.63, 3.8) is 0 Å². The van der Waals surface area contributed by atoms with Gasteiger partial charge in [-0.2, -0.15) is 26.3 Å². The average Bonchev–Trinajstić information content (AvgIpc) is 2.78. The van der Waals surface area contributed by atoms with Crippen molar-refractivity contribution in [3.05, 3.63) is 52.2 Å². The summed E-state index contributed by atoms with van der Waals surface area (Å²) in [5.41, 5.74) is -0.721. The van der Waals surface area contributed by atoms with Crippen LogP contribution in [0.3, 0.4) is 0 Å². The summed E-state index contributed by atoms with van der Waals surface area (Å²) in [4.78, 5) is 16.2. The van der Waals surface area contributed by atoms with E-state index in [2.05, 4.69) is 9.71 Å². The highest BCUT2D eigenvalue weighted by Gasteiger charge is 2.32. The van der Waals surface area contributed by atoms with Gasteiger partial charge in [0, 0.05) is 29.9 Å². The van der Waals surface area contributed by atoms with Gasteiger partial charge < -0.3 is 9.47 Å². The lowest BCUT2D eigenvalue weighted by Gasteiger charge is -2.15. The fourth-order valence-corrected chi connectivity index (χ4v) is 4.04. The van der Waals surface area contributed by atoms with Crippen molar-refractivity contribution in [1.29, 1.82) is 0 Å². The number of carbonyl (C=O) groups is 1. The third-order valence-corrected chi connectivity index (χ3v) is 6.04. The number of benzene rings is 1. The number of aromatic nitrogens is 1. The summed E-state index contributed by atoms with van der Waals surface area (Å²) in [6.07, 6.45) is -0.502. The Morgan fingerprint density at radius 2 is 1.92 bits per heavy atom. The molecule has 0 bridgehead atoms. The van der Waals surface area contributed by atoms with Gasteiger partial charge in [0.05, 0.1) is 11.7 Å². The van der Waals surface area contributed by atoms with Crippen molar-refractivity contribution < 1.29 is 35.9 Å². The molecule has 37 heavy (non-hydrogen) atoms. The van der Waals surface area contributed by atoms with Crippen molar-refractivity contribution in [2.75, 3.05) is 6.54 Å². The standard InChI is InChI=1S/C24H29ClF3N3O5S/c1-5-6-7-10-30-37(33,34)31-22(32)16(4)11-17-8-9-19(35-15(2)3)13-21(17)36-23-20(25)12-18(14-29-23)24(26,27)28/h8-9,11-15,30H,5-7,10H2,1-4H3,(H,31,32). The topological polar surface area (TPSA) is 107 Å². The quantitative estimate of drug-likeness (QED) is 0.247. The van der Waals surface area contributed by atoms with Crippen LogP contribution in [0.4, 0.5) is 13.2 Å². The molecule has 0 radical (unpaired) electrons. The number of alkyl halides is 3. The number of nitrogens with one attached hydrogen (secondary N) is 2. The summed E-state index contributed by atoms with van der Waals surface area (Å²) < 4.78 is 78.7. The third-order valence-electron chi connectivity index (χ3n) is 4.73. The lowest BCUT2D eigenvalue weighted by atomic mass is 10.1. The number of hydrogen-bond donors (Lipinski definition) is 2. The summed E-state index contributed by atoms with van der Waals surface area (Å²) in [5, 5.41) is -0.380. The minimum absolute atomic E-state index is 0.0211. The van der Waals surface area contributed by atoms with Crippen molar-refractivity contribution in [2.24, 2.45) is 0 Å². The summed E-state index contributed by atoms with van der Waals surface area (Å²) in [5.74, 6) is -0.722. The molecule has 1 aromatic carbocycles. The van der Waals surface area contributed by atoms with Crippen LogP contribution in [-0.4, -0.2) is 32.0 Å². The molecule has 8 nitrogen and oxygen atoms in total. The van der Waals surface area contributed by atoms with Gasteiger partial charge in [-0.05, 0) is 51.5 Å². The highest BCUT2D eigenvalue weighted by atomic mass is 35.5. The van der Waals surface area contributed by atoms with Crippen LogP contribution in [0.2, 0.25) is 5.02 Å². The van der Waals surface area contributed by atoms with Gasteiger partial charge in [0.15, 0.2) is 0 Å². The zero-order valence-electron chi connectivity index (χ0n) is 20.8. The first-order chi connectivity index (χ1) is 17.2. The van der Waals surface area contributed by atoms with Gasteiger partial charge in [-0.3, -0.25) is 4.79 Å². The SMILES string of the molecule is CCCCCNS(=O)(=O)NC(=O)C(C)=Cc1ccc(OC(C)C)cc1Oc1ncc(C(F)(F)F)cc1Cl. The van der Waals surface area contributed by atoms with Crippen LogP contribution in [-0.2, 0) is 21.2 Å². The van der Waals surface area contributed by atoms with E-state index in [-0.39, 0.29) is 34.9 Å². The van der Waals surface area contributed by atoms with E-state index in [4.69, 9.17) is 21.1 Å². The van der Waals surface area contributed by atoms with Gasteiger partial charge in [0.25, 0.3) is 5.91 Å². The molecule has 0 saturated carbocycles. The Balaban J connectivity index is 2.33. The Hall–Kier alpha value is -2.83. The predicted molar refractivity (Wildman–Crippen MR) is 135 cm³/mol. The first kappa shape index (κ1) is 30.4. The van der Waals surface area contributed by atoms with E-state index in [0.717, 1.165) is 12.8 Å². The number of pyridine rings is 1. The van der Waals surface area contributed by atoms with E-state index in [1.165, 1.54) is 19.1 Å². The maximum atomic E-state index is 13.0. The van der Waals surface area contributed by atoms with Crippen LogP contribution in [0, 0.1) is 0 Å². The molecule has 1 heterocycles. The van der Waals surface area contributed by atoms with E-state index in [1.807, 2.05) is 11.6 Å². The molecule has 13 heteroatoms. The minimum atomic E-state index is -4.64. The van der Waals surface area contributed by atoms with Crippen LogP contribution in [0.15, 0.2) is 36.0 Å². The fraction of sp³-hybridized carbons (Fsp3) is 0.417. The Morgan fingerprint density at radius 3 is 2.51 bits per heavy atom. The second-order valence-corrected chi connectivity index (χ2v) is 10.2.